The molecule has 0 aliphatic rings. The van der Waals surface area contributed by atoms with Crippen molar-refractivity contribution in [3.05, 3.63) is 0 Å². The van der Waals surface area contributed by atoms with Crippen LogP contribution in [0.2, 0.25) is 0 Å². The summed E-state index contributed by atoms with van der Waals surface area (Å²) in [6.45, 7) is 0. The summed E-state index contributed by atoms with van der Waals surface area (Å²) in [7, 11) is -2.57. The standard InChI is InChI=1S/CH3N3O2S/c2-1(3)4-7(5)6/h(H3,2,3). The Balaban J connectivity index is 4.26. The molecule has 0 rings (SSSR count). The zero-order valence-corrected chi connectivity index (χ0v) is 4.07. The minimum absolute atomic E-state index is 0.701. The number of hydrogen-bond donors (Lipinski definition) is 2. The van der Waals surface area contributed by atoms with Gasteiger partial charge in [-0.3, -0.25) is 5.41 Å². The lowest BCUT2D eigenvalue weighted by Crippen LogP contribution is -2.03. The normalized spacial score (nSPS) is 7.43. The highest BCUT2D eigenvalue weighted by molar-refractivity contribution is 7.62. The highest BCUT2D eigenvalue weighted by atomic mass is 32.2. The van der Waals surface area contributed by atoms with Crippen molar-refractivity contribution >= 4 is 16.5 Å². The molecule has 7 heavy (non-hydrogen) atoms. The molecule has 0 fully saturated rings. The molecule has 0 bridgehead atoms. The third-order valence-corrected chi connectivity index (χ3v) is 0.519. The lowest BCUT2D eigenvalue weighted by molar-refractivity contribution is 0.623. The molecule has 0 saturated heterocycles. The Morgan fingerprint density at radius 1 is 1.71 bits per heavy atom. The van der Waals surface area contributed by atoms with Gasteiger partial charge in [0, 0.05) is 0 Å². The van der Waals surface area contributed by atoms with Gasteiger partial charge in [0.2, 0.25) is 5.96 Å². The first-order valence-electron chi connectivity index (χ1n) is 1.28. The van der Waals surface area contributed by atoms with E-state index in [4.69, 9.17) is 5.41 Å². The fraction of sp³-hybridized carbons (Fsp3) is 0. The molecule has 0 spiro atoms. The Labute approximate surface area is 41.4 Å². The van der Waals surface area contributed by atoms with Crippen LogP contribution in [-0.2, 0) is 10.5 Å². The van der Waals surface area contributed by atoms with Gasteiger partial charge in [0.05, 0.1) is 0 Å². The first-order valence-corrected chi connectivity index (χ1v) is 2.31. The number of nitrogens with zero attached hydrogens (tertiary/aromatic N) is 1. The molecule has 0 aromatic rings. The molecule has 0 aliphatic carbocycles. The van der Waals surface area contributed by atoms with Gasteiger partial charge in [0.1, 0.15) is 0 Å². The van der Waals surface area contributed by atoms with E-state index < -0.39 is 16.5 Å². The van der Waals surface area contributed by atoms with Crippen LogP contribution in [0.3, 0.4) is 0 Å². The maximum atomic E-state index is 9.42. The lowest BCUT2D eigenvalue weighted by Gasteiger charge is -1.69. The third-order valence-electron chi connectivity index (χ3n) is 0.173. The molecule has 0 amide bonds. The van der Waals surface area contributed by atoms with Crippen molar-refractivity contribution in [2.24, 2.45) is 10.1 Å². The van der Waals surface area contributed by atoms with Crippen molar-refractivity contribution in [3.8, 4) is 0 Å². The molecule has 5 nitrogen and oxygen atoms in total. The van der Waals surface area contributed by atoms with Crippen LogP contribution >= 0.6 is 0 Å². The topological polar surface area (TPSA) is 96.4 Å². The van der Waals surface area contributed by atoms with Gasteiger partial charge in [-0.25, -0.2) is 0 Å². The van der Waals surface area contributed by atoms with Crippen LogP contribution < -0.4 is 5.73 Å². The fourth-order valence-corrected chi connectivity index (χ4v) is 0.241. The Morgan fingerprint density at radius 2 is 2.14 bits per heavy atom. The summed E-state index contributed by atoms with van der Waals surface area (Å²) in [6.07, 6.45) is 0. The average Bonchev–Trinajstić information content (AvgIpc) is 1.27. The second-order valence-electron chi connectivity index (χ2n) is 0.694. The van der Waals surface area contributed by atoms with E-state index in [1.807, 2.05) is 0 Å². The second kappa shape index (κ2) is 2.30. The SMILES string of the molecule is N=C(N)N=S(=O)=O. The molecule has 0 aromatic heterocycles. The molecule has 0 radical (unpaired) electrons. The van der Waals surface area contributed by atoms with Crippen molar-refractivity contribution in [2.45, 2.75) is 0 Å². The van der Waals surface area contributed by atoms with E-state index in [9.17, 15) is 8.42 Å². The van der Waals surface area contributed by atoms with E-state index in [1.165, 1.54) is 0 Å². The first kappa shape index (κ1) is 6.09. The van der Waals surface area contributed by atoms with E-state index >= 15 is 0 Å². The zero-order chi connectivity index (χ0) is 5.86. The van der Waals surface area contributed by atoms with E-state index in [-0.39, 0.29) is 0 Å². The van der Waals surface area contributed by atoms with Crippen LogP contribution in [0.15, 0.2) is 4.36 Å². The van der Waals surface area contributed by atoms with Crippen LogP contribution in [0.5, 0.6) is 0 Å². The van der Waals surface area contributed by atoms with Crippen molar-refractivity contribution < 1.29 is 8.42 Å². The highest BCUT2D eigenvalue weighted by Crippen LogP contribution is 1.56. The van der Waals surface area contributed by atoms with Crippen LogP contribution in [0.1, 0.15) is 0 Å². The monoisotopic (exact) mass is 121 g/mol. The number of nitrogens with two attached hydrogens (primary N) is 1. The summed E-state index contributed by atoms with van der Waals surface area (Å²) in [6, 6.07) is 0. The number of guanidine groups is 1. The van der Waals surface area contributed by atoms with Crippen molar-refractivity contribution in [1.82, 2.24) is 0 Å². The van der Waals surface area contributed by atoms with Gasteiger partial charge in [0.15, 0.2) is 0 Å². The van der Waals surface area contributed by atoms with E-state index in [0.717, 1.165) is 0 Å². The van der Waals surface area contributed by atoms with Crippen molar-refractivity contribution in [3.63, 3.8) is 0 Å². The molecule has 0 aliphatic heterocycles. The maximum absolute atomic E-state index is 9.42. The van der Waals surface area contributed by atoms with Crippen LogP contribution in [0.25, 0.3) is 0 Å². The quantitative estimate of drug-likeness (QED) is 0.316. The summed E-state index contributed by atoms with van der Waals surface area (Å²) in [4.78, 5) is 0. The van der Waals surface area contributed by atoms with Gasteiger partial charge in [-0.05, 0) is 0 Å². The van der Waals surface area contributed by atoms with Crippen LogP contribution in [0.4, 0.5) is 0 Å². The minimum atomic E-state index is -2.57. The smallest absolute Gasteiger partial charge is 0.319 e. The van der Waals surface area contributed by atoms with Gasteiger partial charge < -0.3 is 5.73 Å². The number of hydrogen-bond acceptors (Lipinski definition) is 3. The molecule has 6 heteroatoms. The van der Waals surface area contributed by atoms with Gasteiger partial charge >= 0.3 is 10.5 Å². The second-order valence-corrected chi connectivity index (χ2v) is 1.31. The molecule has 0 aromatic carbocycles. The predicted molar refractivity (Wildman–Crippen MR) is 23.3 cm³/mol. The average molecular weight is 121 g/mol. The lowest BCUT2D eigenvalue weighted by atomic mass is 11.1. The molecule has 40 valence electrons. The Bertz CT molecular complexity index is 181. The first-order chi connectivity index (χ1) is 3.13. The van der Waals surface area contributed by atoms with Crippen molar-refractivity contribution in [1.29, 1.82) is 5.41 Å². The van der Waals surface area contributed by atoms with Crippen LogP contribution in [-0.4, -0.2) is 14.4 Å². The summed E-state index contributed by atoms with van der Waals surface area (Å²) in [5.41, 5.74) is 4.52. The molecular weight excluding hydrogens is 118 g/mol. The molecule has 3 N–H and O–H groups in total. The van der Waals surface area contributed by atoms with E-state index in [1.54, 1.807) is 0 Å². The summed E-state index contributed by atoms with van der Waals surface area (Å²) >= 11 is 0. The summed E-state index contributed by atoms with van der Waals surface area (Å²) in [5.74, 6) is -0.701. The van der Waals surface area contributed by atoms with E-state index in [2.05, 4.69) is 10.1 Å². The van der Waals surface area contributed by atoms with Gasteiger partial charge in [-0.1, -0.05) is 4.36 Å². The summed E-state index contributed by atoms with van der Waals surface area (Å²) < 4.78 is 21.4. The minimum Gasteiger partial charge on any atom is -0.367 e. The molecular formula is CH3N3O2S. The fourth-order valence-electron chi connectivity index (χ4n) is 0.0803. The number of rotatable bonds is 0. The Kier molecular flexibility index (Phi) is 2.00. The summed E-state index contributed by atoms with van der Waals surface area (Å²) in [5, 5.41) is 6.24. The molecule has 0 saturated carbocycles. The third kappa shape index (κ3) is 5.09. The molecule has 0 heterocycles. The number of nitrogens with one attached hydrogen (secondary N) is 1. The van der Waals surface area contributed by atoms with Gasteiger partial charge in [-0.15, -0.1) is 0 Å². The van der Waals surface area contributed by atoms with Crippen molar-refractivity contribution in [2.75, 3.05) is 0 Å². The van der Waals surface area contributed by atoms with Gasteiger partial charge in [0.25, 0.3) is 0 Å². The molecule has 0 unspecified atom stereocenters. The highest BCUT2D eigenvalue weighted by Gasteiger charge is 1.74. The van der Waals surface area contributed by atoms with Gasteiger partial charge in [-0.2, -0.15) is 8.42 Å². The van der Waals surface area contributed by atoms with Crippen LogP contribution in [0, 0.1) is 5.41 Å². The largest absolute Gasteiger partial charge is 0.367 e. The Morgan fingerprint density at radius 3 is 2.14 bits per heavy atom. The zero-order valence-electron chi connectivity index (χ0n) is 3.25. The maximum Gasteiger partial charge on any atom is 0.319 e. The molecule has 0 atom stereocenters. The Hall–Kier alpha value is -0.910. The van der Waals surface area contributed by atoms with E-state index in [0.29, 0.717) is 0 Å². The predicted octanol–water partition coefficient (Wildman–Crippen LogP) is -1.06.